The summed E-state index contributed by atoms with van der Waals surface area (Å²) in [6.45, 7) is 2.47. The highest BCUT2D eigenvalue weighted by Gasteiger charge is 2.14. The van der Waals surface area contributed by atoms with E-state index >= 15 is 0 Å². The highest BCUT2D eigenvalue weighted by atomic mass is 35.5. The third-order valence-corrected chi connectivity index (χ3v) is 4.47. The zero-order valence-corrected chi connectivity index (χ0v) is 15.9. The van der Waals surface area contributed by atoms with Gasteiger partial charge in [0.2, 0.25) is 0 Å². The normalized spacial score (nSPS) is 11.7. The SMILES string of the molecule is COc1cc(C(C)Nc2ncnc(N)c2Cl)ccc1OCc1ccccc1. The van der Waals surface area contributed by atoms with E-state index in [1.54, 1.807) is 7.11 Å². The molecule has 0 aliphatic carbocycles. The Morgan fingerprint density at radius 3 is 2.63 bits per heavy atom. The Labute approximate surface area is 163 Å². The van der Waals surface area contributed by atoms with Gasteiger partial charge in [-0.3, -0.25) is 0 Å². The van der Waals surface area contributed by atoms with Gasteiger partial charge in [-0.05, 0) is 30.2 Å². The zero-order chi connectivity index (χ0) is 19.2. The fourth-order valence-electron chi connectivity index (χ4n) is 2.58. The van der Waals surface area contributed by atoms with Crippen molar-refractivity contribution in [2.75, 3.05) is 18.2 Å². The molecule has 6 nitrogen and oxygen atoms in total. The predicted molar refractivity (Wildman–Crippen MR) is 107 cm³/mol. The van der Waals surface area contributed by atoms with Gasteiger partial charge in [0.05, 0.1) is 13.2 Å². The van der Waals surface area contributed by atoms with Crippen molar-refractivity contribution >= 4 is 23.2 Å². The summed E-state index contributed by atoms with van der Waals surface area (Å²) in [6.07, 6.45) is 1.37. The molecule has 0 aliphatic rings. The first-order chi connectivity index (χ1) is 13.1. The zero-order valence-electron chi connectivity index (χ0n) is 15.1. The number of nitrogens with two attached hydrogens (primary N) is 1. The van der Waals surface area contributed by atoms with Crippen molar-refractivity contribution in [2.45, 2.75) is 19.6 Å². The number of nitrogens with one attached hydrogen (secondary N) is 1. The van der Waals surface area contributed by atoms with Crippen molar-refractivity contribution < 1.29 is 9.47 Å². The lowest BCUT2D eigenvalue weighted by Crippen LogP contribution is -2.10. The summed E-state index contributed by atoms with van der Waals surface area (Å²) >= 11 is 6.15. The summed E-state index contributed by atoms with van der Waals surface area (Å²) < 4.78 is 11.4. The van der Waals surface area contributed by atoms with Gasteiger partial charge in [-0.1, -0.05) is 48.0 Å². The first-order valence-corrected chi connectivity index (χ1v) is 8.83. The summed E-state index contributed by atoms with van der Waals surface area (Å²) in [5.41, 5.74) is 7.81. The Morgan fingerprint density at radius 2 is 1.89 bits per heavy atom. The lowest BCUT2D eigenvalue weighted by Gasteiger charge is -2.18. The van der Waals surface area contributed by atoms with Crippen LogP contribution in [0.3, 0.4) is 0 Å². The van der Waals surface area contributed by atoms with Crippen molar-refractivity contribution in [3.63, 3.8) is 0 Å². The van der Waals surface area contributed by atoms with E-state index in [-0.39, 0.29) is 11.9 Å². The summed E-state index contributed by atoms with van der Waals surface area (Å²) in [5.74, 6) is 2.07. The number of nitrogen functional groups attached to an aromatic ring is 1. The van der Waals surface area contributed by atoms with Crippen LogP contribution in [-0.2, 0) is 6.61 Å². The Balaban J connectivity index is 1.73. The van der Waals surface area contributed by atoms with E-state index in [1.807, 2.05) is 55.5 Å². The molecule has 1 atom stereocenters. The van der Waals surface area contributed by atoms with Gasteiger partial charge in [-0.15, -0.1) is 0 Å². The van der Waals surface area contributed by atoms with Gasteiger partial charge < -0.3 is 20.5 Å². The maximum absolute atomic E-state index is 6.15. The van der Waals surface area contributed by atoms with Crippen molar-refractivity contribution in [3.05, 3.63) is 71.0 Å². The molecule has 0 spiro atoms. The Hall–Kier alpha value is -2.99. The molecule has 3 aromatic rings. The van der Waals surface area contributed by atoms with Crippen LogP contribution < -0.4 is 20.5 Å². The molecule has 0 saturated carbocycles. The largest absolute Gasteiger partial charge is 0.493 e. The Kier molecular flexibility index (Phi) is 5.98. The molecule has 3 N–H and O–H groups in total. The lowest BCUT2D eigenvalue weighted by molar-refractivity contribution is 0.284. The van der Waals surface area contributed by atoms with Crippen molar-refractivity contribution in [2.24, 2.45) is 0 Å². The monoisotopic (exact) mass is 384 g/mol. The van der Waals surface area contributed by atoms with Crippen LogP contribution in [0.4, 0.5) is 11.6 Å². The fraction of sp³-hybridized carbons (Fsp3) is 0.200. The van der Waals surface area contributed by atoms with Gasteiger partial charge >= 0.3 is 0 Å². The van der Waals surface area contributed by atoms with E-state index in [1.165, 1.54) is 6.33 Å². The first-order valence-electron chi connectivity index (χ1n) is 8.45. The summed E-state index contributed by atoms with van der Waals surface area (Å²) in [6, 6.07) is 15.7. The highest BCUT2D eigenvalue weighted by molar-refractivity contribution is 6.35. The maximum Gasteiger partial charge on any atom is 0.161 e. The molecule has 1 heterocycles. The molecule has 0 amide bonds. The second-order valence-electron chi connectivity index (χ2n) is 5.97. The molecule has 0 aliphatic heterocycles. The molecule has 1 unspecified atom stereocenters. The molecule has 3 rings (SSSR count). The lowest BCUT2D eigenvalue weighted by atomic mass is 10.1. The van der Waals surface area contributed by atoms with Crippen LogP contribution in [0.2, 0.25) is 5.02 Å². The topological polar surface area (TPSA) is 82.3 Å². The number of methoxy groups -OCH3 is 1. The quantitative estimate of drug-likeness (QED) is 0.625. The van der Waals surface area contributed by atoms with Gasteiger partial charge in [0.25, 0.3) is 0 Å². The van der Waals surface area contributed by atoms with E-state index < -0.39 is 0 Å². The average molecular weight is 385 g/mol. The molecule has 0 radical (unpaired) electrons. The van der Waals surface area contributed by atoms with E-state index in [0.29, 0.717) is 28.9 Å². The second kappa shape index (κ2) is 8.60. The number of rotatable bonds is 7. The van der Waals surface area contributed by atoms with Gasteiger partial charge in [0.15, 0.2) is 17.3 Å². The molecular formula is C20H21ClN4O2. The van der Waals surface area contributed by atoms with Gasteiger partial charge in [0, 0.05) is 0 Å². The van der Waals surface area contributed by atoms with Crippen LogP contribution in [0.15, 0.2) is 54.9 Å². The van der Waals surface area contributed by atoms with Crippen molar-refractivity contribution in [1.29, 1.82) is 0 Å². The molecule has 1 aromatic heterocycles. The summed E-state index contributed by atoms with van der Waals surface area (Å²) in [7, 11) is 1.62. The predicted octanol–water partition coefficient (Wildman–Crippen LogP) is 4.47. The number of aromatic nitrogens is 2. The van der Waals surface area contributed by atoms with Crippen molar-refractivity contribution in [1.82, 2.24) is 9.97 Å². The molecule has 7 heteroatoms. The third kappa shape index (κ3) is 4.60. The number of hydrogen-bond acceptors (Lipinski definition) is 6. The second-order valence-corrected chi connectivity index (χ2v) is 6.35. The molecule has 140 valence electrons. The van der Waals surface area contributed by atoms with Crippen LogP contribution in [0.25, 0.3) is 0 Å². The third-order valence-electron chi connectivity index (χ3n) is 4.09. The number of halogens is 1. The molecular weight excluding hydrogens is 364 g/mol. The molecule has 0 bridgehead atoms. The van der Waals surface area contributed by atoms with E-state index in [0.717, 1.165) is 11.1 Å². The van der Waals surface area contributed by atoms with Crippen molar-refractivity contribution in [3.8, 4) is 11.5 Å². The molecule has 0 fully saturated rings. The van der Waals surface area contributed by atoms with Gasteiger partial charge in [-0.2, -0.15) is 0 Å². The summed E-state index contributed by atoms with van der Waals surface area (Å²) in [4.78, 5) is 8.00. The highest BCUT2D eigenvalue weighted by Crippen LogP contribution is 2.33. The van der Waals surface area contributed by atoms with Crippen LogP contribution in [-0.4, -0.2) is 17.1 Å². The number of ether oxygens (including phenoxy) is 2. The van der Waals surface area contributed by atoms with E-state index in [2.05, 4.69) is 15.3 Å². The van der Waals surface area contributed by atoms with Gasteiger partial charge in [0.1, 0.15) is 23.8 Å². The van der Waals surface area contributed by atoms with Crippen LogP contribution in [0, 0.1) is 0 Å². The minimum Gasteiger partial charge on any atom is -0.493 e. The van der Waals surface area contributed by atoms with Crippen LogP contribution in [0.5, 0.6) is 11.5 Å². The minimum atomic E-state index is -0.0751. The molecule has 0 saturated heterocycles. The Bertz CT molecular complexity index is 906. The number of hydrogen-bond donors (Lipinski definition) is 2. The van der Waals surface area contributed by atoms with E-state index in [9.17, 15) is 0 Å². The number of anilines is 2. The summed E-state index contributed by atoms with van der Waals surface area (Å²) in [5, 5.41) is 3.54. The minimum absolute atomic E-state index is 0.0751. The van der Waals surface area contributed by atoms with Gasteiger partial charge in [-0.25, -0.2) is 9.97 Å². The number of benzene rings is 2. The maximum atomic E-state index is 6.15. The first kappa shape index (κ1) is 18.8. The van der Waals surface area contributed by atoms with Crippen LogP contribution in [0.1, 0.15) is 24.1 Å². The smallest absolute Gasteiger partial charge is 0.161 e. The number of nitrogens with zero attached hydrogens (tertiary/aromatic N) is 2. The van der Waals surface area contributed by atoms with E-state index in [4.69, 9.17) is 26.8 Å². The molecule has 27 heavy (non-hydrogen) atoms. The fourth-order valence-corrected chi connectivity index (χ4v) is 2.73. The standard InChI is InChI=1S/C20H21ClN4O2/c1-13(25-20-18(21)19(22)23-12-24-20)15-8-9-16(17(10-15)26-2)27-11-14-6-4-3-5-7-14/h3-10,12-13H,11H2,1-2H3,(H3,22,23,24,25). The van der Waals surface area contributed by atoms with Crippen LogP contribution >= 0.6 is 11.6 Å². The average Bonchev–Trinajstić information content (AvgIpc) is 2.70. The molecule has 2 aromatic carbocycles. The Morgan fingerprint density at radius 1 is 1.11 bits per heavy atom.